The summed E-state index contributed by atoms with van der Waals surface area (Å²) in [6.07, 6.45) is 2.74. The van der Waals surface area contributed by atoms with Crippen LogP contribution in [0.25, 0.3) is 11.3 Å². The van der Waals surface area contributed by atoms with Crippen LogP contribution < -0.4 is 14.8 Å². The molecule has 8 nitrogen and oxygen atoms in total. The highest BCUT2D eigenvalue weighted by atomic mass is 16.5. The fourth-order valence-electron chi connectivity index (χ4n) is 3.47. The molecule has 2 aliphatic rings. The third-order valence-electron chi connectivity index (χ3n) is 5.26. The summed E-state index contributed by atoms with van der Waals surface area (Å²) in [7, 11) is 3.16. The van der Waals surface area contributed by atoms with Crippen molar-refractivity contribution in [3.63, 3.8) is 0 Å². The lowest BCUT2D eigenvalue weighted by Gasteiger charge is -2.16. The zero-order chi connectivity index (χ0) is 19.7. The van der Waals surface area contributed by atoms with Crippen LogP contribution in [0.1, 0.15) is 29.8 Å². The second-order valence-electron chi connectivity index (χ2n) is 7.26. The minimum atomic E-state index is -0.109. The van der Waals surface area contributed by atoms with Crippen LogP contribution in [0.2, 0.25) is 0 Å². The third-order valence-corrected chi connectivity index (χ3v) is 5.26. The molecule has 148 valence electrons. The zero-order valence-corrected chi connectivity index (χ0v) is 16.0. The number of likely N-dealkylation sites (tertiary alicyclic amines) is 1. The highest BCUT2D eigenvalue weighted by Crippen LogP contribution is 2.32. The van der Waals surface area contributed by atoms with Gasteiger partial charge in [-0.3, -0.25) is 14.7 Å². The van der Waals surface area contributed by atoms with E-state index in [9.17, 15) is 9.59 Å². The van der Waals surface area contributed by atoms with E-state index in [0.717, 1.165) is 24.8 Å². The average Bonchev–Trinajstić information content (AvgIpc) is 3.28. The first-order valence-electron chi connectivity index (χ1n) is 9.46. The van der Waals surface area contributed by atoms with Crippen molar-refractivity contribution >= 4 is 11.8 Å². The van der Waals surface area contributed by atoms with Gasteiger partial charge in [-0.25, -0.2) is 0 Å². The van der Waals surface area contributed by atoms with E-state index in [2.05, 4.69) is 15.5 Å². The maximum Gasteiger partial charge on any atom is 0.271 e. The quantitative estimate of drug-likeness (QED) is 0.792. The van der Waals surface area contributed by atoms with Crippen molar-refractivity contribution in [2.45, 2.75) is 25.3 Å². The van der Waals surface area contributed by atoms with Crippen LogP contribution in [0.4, 0.5) is 0 Å². The van der Waals surface area contributed by atoms with Gasteiger partial charge in [0.05, 0.1) is 19.9 Å². The number of carbonyl (C=O) groups excluding carboxylic acids is 2. The molecule has 4 rings (SSSR count). The van der Waals surface area contributed by atoms with Gasteiger partial charge in [0, 0.05) is 30.6 Å². The van der Waals surface area contributed by atoms with E-state index >= 15 is 0 Å². The fourth-order valence-corrected chi connectivity index (χ4v) is 3.47. The molecule has 28 heavy (non-hydrogen) atoms. The summed E-state index contributed by atoms with van der Waals surface area (Å²) in [4.78, 5) is 26.5. The SMILES string of the molecule is COc1ccc(-c2cc(C(=O)N3CC[C@@H](NC(=O)C4CC4)C3)[nH]n2)cc1OC. The predicted molar refractivity (Wildman–Crippen MR) is 102 cm³/mol. The van der Waals surface area contributed by atoms with Gasteiger partial charge in [0.25, 0.3) is 5.91 Å². The number of methoxy groups -OCH3 is 2. The van der Waals surface area contributed by atoms with Crippen molar-refractivity contribution in [2.24, 2.45) is 5.92 Å². The van der Waals surface area contributed by atoms with Crippen molar-refractivity contribution in [1.82, 2.24) is 20.4 Å². The molecule has 1 saturated heterocycles. The molecule has 2 amide bonds. The molecule has 8 heteroatoms. The predicted octanol–water partition coefficient (Wildman–Crippen LogP) is 1.83. The maximum absolute atomic E-state index is 12.8. The molecule has 1 aliphatic heterocycles. The van der Waals surface area contributed by atoms with Crippen molar-refractivity contribution in [3.05, 3.63) is 30.0 Å². The molecule has 0 bridgehead atoms. The Kier molecular flexibility index (Phi) is 4.93. The number of hydrogen-bond donors (Lipinski definition) is 2. The zero-order valence-electron chi connectivity index (χ0n) is 16.0. The van der Waals surface area contributed by atoms with E-state index in [0.29, 0.717) is 36.0 Å². The van der Waals surface area contributed by atoms with E-state index in [1.165, 1.54) is 0 Å². The average molecular weight is 384 g/mol. The van der Waals surface area contributed by atoms with Gasteiger partial charge in [-0.2, -0.15) is 5.10 Å². The van der Waals surface area contributed by atoms with E-state index in [1.807, 2.05) is 12.1 Å². The normalized spacial score (nSPS) is 18.8. The summed E-state index contributed by atoms with van der Waals surface area (Å²) in [6, 6.07) is 7.26. The van der Waals surface area contributed by atoms with Crippen LogP contribution in [0.15, 0.2) is 24.3 Å². The molecular weight excluding hydrogens is 360 g/mol. The number of ether oxygens (including phenoxy) is 2. The number of nitrogens with one attached hydrogen (secondary N) is 2. The van der Waals surface area contributed by atoms with Crippen LogP contribution >= 0.6 is 0 Å². The Morgan fingerprint density at radius 2 is 1.93 bits per heavy atom. The molecule has 1 aliphatic carbocycles. The minimum absolute atomic E-state index is 0.0327. The monoisotopic (exact) mass is 384 g/mol. The highest BCUT2D eigenvalue weighted by molar-refractivity contribution is 5.93. The second kappa shape index (κ2) is 7.53. The lowest BCUT2D eigenvalue weighted by Crippen LogP contribution is -2.39. The lowest BCUT2D eigenvalue weighted by molar-refractivity contribution is -0.122. The van der Waals surface area contributed by atoms with Crippen LogP contribution in [0, 0.1) is 5.92 Å². The van der Waals surface area contributed by atoms with Crippen molar-refractivity contribution in [2.75, 3.05) is 27.3 Å². The van der Waals surface area contributed by atoms with Crippen LogP contribution in [-0.4, -0.2) is 60.3 Å². The molecule has 0 unspecified atom stereocenters. The molecule has 1 aromatic carbocycles. The Balaban J connectivity index is 1.42. The topological polar surface area (TPSA) is 96.6 Å². The first kappa shape index (κ1) is 18.3. The number of nitrogens with zero attached hydrogens (tertiary/aromatic N) is 2. The minimum Gasteiger partial charge on any atom is -0.493 e. The second-order valence-corrected chi connectivity index (χ2v) is 7.26. The number of hydrogen-bond acceptors (Lipinski definition) is 5. The fraction of sp³-hybridized carbons (Fsp3) is 0.450. The molecule has 2 aromatic rings. The molecule has 2 N–H and O–H groups in total. The largest absolute Gasteiger partial charge is 0.493 e. The number of benzene rings is 1. The van der Waals surface area contributed by atoms with Crippen molar-refractivity contribution < 1.29 is 19.1 Å². The summed E-state index contributed by atoms with van der Waals surface area (Å²) in [5, 5.41) is 10.1. The number of rotatable bonds is 6. The molecule has 0 spiro atoms. The van der Waals surface area contributed by atoms with Crippen molar-refractivity contribution in [3.8, 4) is 22.8 Å². The number of H-pyrrole nitrogens is 1. The Morgan fingerprint density at radius 1 is 1.14 bits per heavy atom. The lowest BCUT2D eigenvalue weighted by atomic mass is 10.1. The molecule has 1 atom stereocenters. The summed E-state index contributed by atoms with van der Waals surface area (Å²) < 4.78 is 10.6. The van der Waals surface area contributed by atoms with Gasteiger partial charge in [0.2, 0.25) is 5.91 Å². The third kappa shape index (κ3) is 3.67. The first-order valence-corrected chi connectivity index (χ1v) is 9.46. The van der Waals surface area contributed by atoms with Crippen LogP contribution in [0.5, 0.6) is 11.5 Å². The number of aromatic amines is 1. The number of aromatic nitrogens is 2. The van der Waals surface area contributed by atoms with Gasteiger partial charge in [-0.05, 0) is 43.5 Å². The van der Waals surface area contributed by atoms with E-state index in [-0.39, 0.29) is 23.8 Å². The summed E-state index contributed by atoms with van der Waals surface area (Å²) in [5.41, 5.74) is 1.91. The van der Waals surface area contributed by atoms with Gasteiger partial charge >= 0.3 is 0 Å². The molecule has 2 heterocycles. The van der Waals surface area contributed by atoms with E-state index in [4.69, 9.17) is 9.47 Å². The first-order chi connectivity index (χ1) is 13.6. The molecular formula is C20H24N4O4. The van der Waals surface area contributed by atoms with Gasteiger partial charge in [-0.15, -0.1) is 0 Å². The van der Waals surface area contributed by atoms with Crippen LogP contribution in [0.3, 0.4) is 0 Å². The van der Waals surface area contributed by atoms with Gasteiger partial charge < -0.3 is 19.7 Å². The number of amides is 2. The Labute approximate surface area is 163 Å². The van der Waals surface area contributed by atoms with E-state index in [1.54, 1.807) is 31.3 Å². The molecule has 2 fully saturated rings. The van der Waals surface area contributed by atoms with Gasteiger partial charge in [0.1, 0.15) is 5.69 Å². The smallest absolute Gasteiger partial charge is 0.271 e. The molecule has 1 aromatic heterocycles. The summed E-state index contributed by atoms with van der Waals surface area (Å²) in [6.45, 7) is 1.15. The Morgan fingerprint density at radius 3 is 2.64 bits per heavy atom. The van der Waals surface area contributed by atoms with E-state index < -0.39 is 0 Å². The summed E-state index contributed by atoms with van der Waals surface area (Å²) >= 11 is 0. The van der Waals surface area contributed by atoms with Gasteiger partial charge in [0.15, 0.2) is 11.5 Å². The van der Waals surface area contributed by atoms with Crippen molar-refractivity contribution in [1.29, 1.82) is 0 Å². The standard InChI is InChI=1S/C20H24N4O4/c1-27-17-6-5-13(9-18(17)28-2)15-10-16(23-22-15)20(26)24-8-7-14(11-24)21-19(25)12-3-4-12/h5-6,9-10,12,14H,3-4,7-8,11H2,1-2H3,(H,21,25)(H,22,23)/t14-/m1/s1. The number of carbonyl (C=O) groups is 2. The van der Waals surface area contributed by atoms with Gasteiger partial charge in [-0.1, -0.05) is 0 Å². The Bertz CT molecular complexity index is 890. The Hall–Kier alpha value is -3.03. The summed E-state index contributed by atoms with van der Waals surface area (Å²) in [5.74, 6) is 1.43. The van der Waals surface area contributed by atoms with Crippen LogP contribution in [-0.2, 0) is 4.79 Å². The molecule has 0 radical (unpaired) electrons. The highest BCUT2D eigenvalue weighted by Gasteiger charge is 2.34. The maximum atomic E-state index is 12.8. The molecule has 1 saturated carbocycles.